The van der Waals surface area contributed by atoms with Crippen molar-refractivity contribution in [3.8, 4) is 0 Å². The van der Waals surface area contributed by atoms with Crippen LogP contribution in [0.3, 0.4) is 0 Å². The largest absolute Gasteiger partial charge is 0.404 e. The number of rotatable bonds is 4. The quantitative estimate of drug-likeness (QED) is 0.673. The summed E-state index contributed by atoms with van der Waals surface area (Å²) < 4.78 is 5.83. The Balaban J connectivity index is 1.40. The van der Waals surface area contributed by atoms with E-state index in [0.717, 1.165) is 16.6 Å². The second kappa shape index (κ2) is 7.85. The highest BCUT2D eigenvalue weighted by atomic mass is 16.4. The van der Waals surface area contributed by atoms with Crippen LogP contribution in [-0.2, 0) is 11.2 Å². The van der Waals surface area contributed by atoms with Crippen molar-refractivity contribution in [1.82, 2.24) is 14.9 Å². The summed E-state index contributed by atoms with van der Waals surface area (Å²) in [6, 6.07) is 11.0. The Labute approximate surface area is 171 Å². The van der Waals surface area contributed by atoms with Gasteiger partial charge in [-0.1, -0.05) is 38.1 Å². The van der Waals surface area contributed by atoms with E-state index < -0.39 is 0 Å². The van der Waals surface area contributed by atoms with E-state index in [1.807, 2.05) is 17.9 Å². The molecule has 0 spiro atoms. The van der Waals surface area contributed by atoms with Crippen LogP contribution in [0.25, 0.3) is 11.2 Å². The van der Waals surface area contributed by atoms with Gasteiger partial charge in [-0.3, -0.25) is 4.79 Å². The Morgan fingerprint density at radius 1 is 1.24 bits per heavy atom. The van der Waals surface area contributed by atoms with Crippen LogP contribution in [-0.4, -0.2) is 46.5 Å². The number of hydrogen-bond donors (Lipinski definition) is 0. The molecule has 0 N–H and O–H groups in total. The number of aryl methyl sites for hydroxylation is 1. The molecule has 4 rings (SSSR count). The van der Waals surface area contributed by atoms with Crippen LogP contribution >= 0.6 is 0 Å². The second-order valence-electron chi connectivity index (χ2n) is 8.29. The third-order valence-electron chi connectivity index (χ3n) is 5.59. The molecule has 0 saturated carbocycles. The van der Waals surface area contributed by atoms with Crippen molar-refractivity contribution in [2.45, 2.75) is 46.1 Å². The van der Waals surface area contributed by atoms with E-state index in [1.54, 1.807) is 6.20 Å². The normalized spacial score (nSPS) is 17.3. The van der Waals surface area contributed by atoms with E-state index in [1.165, 1.54) is 5.56 Å². The van der Waals surface area contributed by atoms with E-state index in [4.69, 9.17) is 4.42 Å². The van der Waals surface area contributed by atoms with Crippen molar-refractivity contribution in [2.24, 2.45) is 0 Å². The number of piperazine rings is 1. The number of amides is 1. The number of oxazole rings is 1. The molecule has 1 saturated heterocycles. The van der Waals surface area contributed by atoms with Crippen molar-refractivity contribution < 1.29 is 9.21 Å². The molecule has 6 nitrogen and oxygen atoms in total. The molecule has 152 valence electrons. The number of carbonyl (C=O) groups excluding carboxylic acids is 1. The molecule has 0 unspecified atom stereocenters. The lowest BCUT2D eigenvalue weighted by Gasteiger charge is -2.39. The molecule has 1 amide bonds. The minimum Gasteiger partial charge on any atom is -0.404 e. The van der Waals surface area contributed by atoms with Gasteiger partial charge in [0.1, 0.15) is 5.52 Å². The number of nitrogens with zero attached hydrogens (tertiary/aromatic N) is 4. The van der Waals surface area contributed by atoms with Crippen LogP contribution in [0.2, 0.25) is 0 Å². The third kappa shape index (κ3) is 4.11. The van der Waals surface area contributed by atoms with E-state index in [-0.39, 0.29) is 11.9 Å². The lowest BCUT2D eigenvalue weighted by atomic mass is 10.0. The van der Waals surface area contributed by atoms with E-state index in [0.29, 0.717) is 43.7 Å². The van der Waals surface area contributed by atoms with Crippen molar-refractivity contribution in [3.05, 3.63) is 53.2 Å². The molecule has 0 radical (unpaired) electrons. The molecule has 3 heterocycles. The summed E-state index contributed by atoms with van der Waals surface area (Å²) in [6.45, 7) is 10.5. The highest BCUT2D eigenvalue weighted by Crippen LogP contribution is 2.24. The molecule has 1 atom stereocenters. The fraction of sp³-hybridized carbons (Fsp3) is 0.435. The van der Waals surface area contributed by atoms with Gasteiger partial charge in [-0.2, -0.15) is 4.98 Å². The van der Waals surface area contributed by atoms with Crippen LogP contribution in [0.15, 0.2) is 40.9 Å². The van der Waals surface area contributed by atoms with Gasteiger partial charge in [-0.05, 0) is 42.5 Å². The molecule has 1 fully saturated rings. The molecule has 3 aromatic rings. The maximum atomic E-state index is 12.9. The number of aromatic nitrogens is 2. The predicted octanol–water partition coefficient (Wildman–Crippen LogP) is 3.93. The zero-order valence-corrected chi connectivity index (χ0v) is 17.6. The molecule has 1 aromatic carbocycles. The zero-order valence-electron chi connectivity index (χ0n) is 17.6. The van der Waals surface area contributed by atoms with Gasteiger partial charge in [0.2, 0.25) is 11.6 Å². The SMILES string of the molecule is Cc1cnc2oc(N3CCN(C(=O)Cc4ccc(C(C)C)cc4)[C@H](C)C3)nc2c1. The summed E-state index contributed by atoms with van der Waals surface area (Å²) >= 11 is 0. The summed E-state index contributed by atoms with van der Waals surface area (Å²) in [5.41, 5.74) is 4.75. The Morgan fingerprint density at radius 2 is 2.00 bits per heavy atom. The average molecular weight is 393 g/mol. The number of anilines is 1. The lowest BCUT2D eigenvalue weighted by molar-refractivity contribution is -0.132. The number of pyridine rings is 1. The second-order valence-corrected chi connectivity index (χ2v) is 8.29. The fourth-order valence-electron chi connectivity index (χ4n) is 3.85. The van der Waals surface area contributed by atoms with Crippen molar-refractivity contribution >= 4 is 23.2 Å². The Bertz CT molecular complexity index is 1010. The molecule has 29 heavy (non-hydrogen) atoms. The zero-order chi connectivity index (χ0) is 20.5. The Hall–Kier alpha value is -2.89. The maximum absolute atomic E-state index is 12.9. The third-order valence-corrected chi connectivity index (χ3v) is 5.59. The number of carbonyl (C=O) groups is 1. The highest BCUT2D eigenvalue weighted by molar-refractivity contribution is 5.79. The van der Waals surface area contributed by atoms with Gasteiger partial charge in [-0.15, -0.1) is 0 Å². The summed E-state index contributed by atoms with van der Waals surface area (Å²) in [7, 11) is 0. The maximum Gasteiger partial charge on any atom is 0.299 e. The number of benzene rings is 1. The average Bonchev–Trinajstić information content (AvgIpc) is 3.11. The monoisotopic (exact) mass is 392 g/mol. The van der Waals surface area contributed by atoms with Gasteiger partial charge in [0.15, 0.2) is 0 Å². The smallest absolute Gasteiger partial charge is 0.299 e. The lowest BCUT2D eigenvalue weighted by Crippen LogP contribution is -2.54. The van der Waals surface area contributed by atoms with Crippen LogP contribution in [0.5, 0.6) is 0 Å². The molecule has 0 bridgehead atoms. The standard InChI is InChI=1S/C23H28N4O2/c1-15(2)19-7-5-18(6-8-19)12-21(28)27-10-9-26(14-17(27)4)23-25-20-11-16(3)13-24-22(20)29-23/h5-8,11,13,15,17H,9-10,12,14H2,1-4H3/t17-/m1/s1. The molecule has 1 aliphatic heterocycles. The number of fused-ring (bicyclic) bond motifs is 1. The molecule has 6 heteroatoms. The summed E-state index contributed by atoms with van der Waals surface area (Å²) in [5.74, 6) is 0.670. The van der Waals surface area contributed by atoms with Gasteiger partial charge in [0, 0.05) is 31.9 Å². The fourth-order valence-corrected chi connectivity index (χ4v) is 3.85. The van der Waals surface area contributed by atoms with Gasteiger partial charge < -0.3 is 14.2 Å². The van der Waals surface area contributed by atoms with E-state index in [2.05, 4.69) is 59.9 Å². The molecule has 2 aromatic heterocycles. The van der Waals surface area contributed by atoms with Crippen molar-refractivity contribution in [2.75, 3.05) is 24.5 Å². The Morgan fingerprint density at radius 3 is 2.69 bits per heavy atom. The van der Waals surface area contributed by atoms with E-state index >= 15 is 0 Å². The topological polar surface area (TPSA) is 62.5 Å². The number of hydrogen-bond acceptors (Lipinski definition) is 5. The van der Waals surface area contributed by atoms with Gasteiger partial charge in [0.25, 0.3) is 6.01 Å². The van der Waals surface area contributed by atoms with Gasteiger partial charge in [-0.25, -0.2) is 4.98 Å². The summed E-state index contributed by atoms with van der Waals surface area (Å²) in [6.07, 6.45) is 2.22. The molecular weight excluding hydrogens is 364 g/mol. The van der Waals surface area contributed by atoms with Gasteiger partial charge >= 0.3 is 0 Å². The molecule has 0 aliphatic carbocycles. The van der Waals surface area contributed by atoms with Crippen molar-refractivity contribution in [3.63, 3.8) is 0 Å². The first-order chi connectivity index (χ1) is 13.9. The minimum atomic E-state index is 0.0934. The Kier molecular flexibility index (Phi) is 5.26. The molecule has 1 aliphatic rings. The first kappa shape index (κ1) is 19.4. The van der Waals surface area contributed by atoms with E-state index in [9.17, 15) is 4.79 Å². The van der Waals surface area contributed by atoms with Crippen LogP contribution in [0, 0.1) is 6.92 Å². The predicted molar refractivity (Wildman–Crippen MR) is 114 cm³/mol. The first-order valence-electron chi connectivity index (χ1n) is 10.3. The van der Waals surface area contributed by atoms with Gasteiger partial charge in [0.05, 0.1) is 6.42 Å². The first-order valence-corrected chi connectivity index (χ1v) is 10.3. The molecular formula is C23H28N4O2. The highest BCUT2D eigenvalue weighted by Gasteiger charge is 2.29. The minimum absolute atomic E-state index is 0.0934. The summed E-state index contributed by atoms with van der Waals surface area (Å²) in [5, 5.41) is 0. The van der Waals surface area contributed by atoms with Crippen molar-refractivity contribution in [1.29, 1.82) is 0 Å². The summed E-state index contributed by atoms with van der Waals surface area (Å²) in [4.78, 5) is 25.8. The van der Waals surface area contributed by atoms with Crippen LogP contribution in [0.1, 0.15) is 43.4 Å². The van der Waals surface area contributed by atoms with Crippen LogP contribution < -0.4 is 4.90 Å². The van der Waals surface area contributed by atoms with Crippen LogP contribution in [0.4, 0.5) is 6.01 Å².